The molecular weight excluding hydrogens is 400 g/mol. The number of nitrogens with two attached hydrogens (primary N) is 1. The Morgan fingerprint density at radius 3 is 2.50 bits per heavy atom. The van der Waals surface area contributed by atoms with Gasteiger partial charge in [0.05, 0.1) is 18.2 Å². The Morgan fingerprint density at radius 2 is 1.87 bits per heavy atom. The van der Waals surface area contributed by atoms with E-state index in [9.17, 15) is 20.4 Å². The van der Waals surface area contributed by atoms with E-state index in [0.29, 0.717) is 27.5 Å². The summed E-state index contributed by atoms with van der Waals surface area (Å²) in [5, 5.41) is 29.3. The van der Waals surface area contributed by atoms with Crippen LogP contribution in [0.25, 0.3) is 11.1 Å². The SMILES string of the molecule is COC(=O)c1cccc(CSc2nc(N)c(C#N)c(-c3ccc(O)cc3)c2C#N)c1. The molecule has 0 fully saturated rings. The predicted molar refractivity (Wildman–Crippen MR) is 113 cm³/mol. The quantitative estimate of drug-likeness (QED) is 0.473. The number of hydrogen-bond donors (Lipinski definition) is 2. The number of methoxy groups -OCH3 is 1. The molecule has 0 saturated heterocycles. The van der Waals surface area contributed by atoms with Crippen LogP contribution in [0.4, 0.5) is 5.82 Å². The molecule has 1 heterocycles. The van der Waals surface area contributed by atoms with Gasteiger partial charge in [0, 0.05) is 11.3 Å². The maximum atomic E-state index is 11.7. The lowest BCUT2D eigenvalue weighted by atomic mass is 9.97. The number of carbonyl (C=O) groups excluding carboxylic acids is 1. The van der Waals surface area contributed by atoms with Gasteiger partial charge in [0.15, 0.2) is 0 Å². The summed E-state index contributed by atoms with van der Waals surface area (Å²) in [6, 6.07) is 17.3. The summed E-state index contributed by atoms with van der Waals surface area (Å²) in [4.78, 5) is 16.0. The molecule has 0 atom stereocenters. The summed E-state index contributed by atoms with van der Waals surface area (Å²) in [7, 11) is 1.32. The molecule has 0 aliphatic rings. The van der Waals surface area contributed by atoms with Crippen LogP contribution >= 0.6 is 11.8 Å². The van der Waals surface area contributed by atoms with Crippen molar-refractivity contribution in [1.82, 2.24) is 4.98 Å². The molecule has 148 valence electrons. The number of phenolic OH excluding ortho intramolecular Hbond substituents is 1. The monoisotopic (exact) mass is 416 g/mol. The summed E-state index contributed by atoms with van der Waals surface area (Å²) < 4.78 is 4.74. The number of benzene rings is 2. The summed E-state index contributed by atoms with van der Waals surface area (Å²) >= 11 is 1.27. The van der Waals surface area contributed by atoms with Crippen molar-refractivity contribution in [1.29, 1.82) is 10.5 Å². The molecule has 7 nitrogen and oxygen atoms in total. The minimum atomic E-state index is -0.435. The van der Waals surface area contributed by atoms with Crippen molar-refractivity contribution >= 4 is 23.5 Å². The number of hydrogen-bond acceptors (Lipinski definition) is 8. The van der Waals surface area contributed by atoms with Crippen molar-refractivity contribution in [3.63, 3.8) is 0 Å². The molecule has 3 aromatic rings. The van der Waals surface area contributed by atoms with Crippen LogP contribution in [0.5, 0.6) is 5.75 Å². The van der Waals surface area contributed by atoms with Gasteiger partial charge in [-0.15, -0.1) is 11.8 Å². The second-order valence-corrected chi connectivity index (χ2v) is 7.14. The average Bonchev–Trinajstić information content (AvgIpc) is 2.77. The van der Waals surface area contributed by atoms with Crippen LogP contribution < -0.4 is 5.73 Å². The predicted octanol–water partition coefficient (Wildman–Crippen LogP) is 3.86. The highest BCUT2D eigenvalue weighted by atomic mass is 32.2. The zero-order valence-electron chi connectivity index (χ0n) is 15.9. The average molecular weight is 416 g/mol. The van der Waals surface area contributed by atoms with E-state index in [2.05, 4.69) is 11.1 Å². The van der Waals surface area contributed by atoms with Crippen LogP contribution in [0.1, 0.15) is 27.0 Å². The van der Waals surface area contributed by atoms with Gasteiger partial charge in [-0.3, -0.25) is 0 Å². The van der Waals surface area contributed by atoms with Gasteiger partial charge in [0.2, 0.25) is 0 Å². The molecule has 0 saturated carbocycles. The lowest BCUT2D eigenvalue weighted by Crippen LogP contribution is -2.04. The first-order valence-corrected chi connectivity index (χ1v) is 9.70. The first-order valence-electron chi connectivity index (χ1n) is 8.71. The van der Waals surface area contributed by atoms with E-state index < -0.39 is 5.97 Å². The standard InChI is InChI=1S/C22H16N4O3S/c1-29-22(28)15-4-2-3-13(9-15)12-30-21-18(11-24)19(17(10-23)20(25)26-21)14-5-7-16(27)8-6-14/h2-9,27H,12H2,1H3,(H2,25,26). The molecule has 0 aliphatic heterocycles. The number of esters is 1. The van der Waals surface area contributed by atoms with E-state index in [4.69, 9.17) is 10.5 Å². The number of nitrogens with zero attached hydrogens (tertiary/aromatic N) is 3. The first kappa shape index (κ1) is 20.7. The summed E-state index contributed by atoms with van der Waals surface area (Å²) in [6.45, 7) is 0. The number of carbonyl (C=O) groups is 1. The third-order valence-corrected chi connectivity index (χ3v) is 5.34. The summed E-state index contributed by atoms with van der Waals surface area (Å²) in [5.74, 6) is 0.0746. The molecule has 0 unspecified atom stereocenters. The number of rotatable bonds is 5. The molecule has 30 heavy (non-hydrogen) atoms. The molecule has 0 amide bonds. The number of ether oxygens (including phenoxy) is 1. The van der Waals surface area contributed by atoms with Gasteiger partial charge in [-0.25, -0.2) is 9.78 Å². The van der Waals surface area contributed by atoms with Gasteiger partial charge >= 0.3 is 5.97 Å². The Hall–Kier alpha value is -4.01. The van der Waals surface area contributed by atoms with Crippen LogP contribution in [0.3, 0.4) is 0 Å². The molecule has 3 rings (SSSR count). The molecule has 0 aliphatic carbocycles. The zero-order valence-corrected chi connectivity index (χ0v) is 16.7. The third kappa shape index (κ3) is 4.19. The van der Waals surface area contributed by atoms with Gasteiger partial charge < -0.3 is 15.6 Å². The Bertz CT molecular complexity index is 1190. The molecule has 3 N–H and O–H groups in total. The van der Waals surface area contributed by atoms with Crippen molar-refractivity contribution in [2.24, 2.45) is 0 Å². The zero-order chi connectivity index (χ0) is 21.7. The number of anilines is 1. The van der Waals surface area contributed by atoms with Crippen LogP contribution in [-0.4, -0.2) is 23.2 Å². The maximum Gasteiger partial charge on any atom is 0.337 e. The summed E-state index contributed by atoms with van der Waals surface area (Å²) in [6.07, 6.45) is 0. The number of nitrogen functional groups attached to an aromatic ring is 1. The molecule has 2 aromatic carbocycles. The molecule has 8 heteroatoms. The molecule has 1 aromatic heterocycles. The van der Waals surface area contributed by atoms with Crippen molar-refractivity contribution < 1.29 is 14.6 Å². The number of thioether (sulfide) groups is 1. The number of aromatic hydroxyl groups is 1. The van der Waals surface area contributed by atoms with E-state index >= 15 is 0 Å². The van der Waals surface area contributed by atoms with Crippen molar-refractivity contribution in [2.75, 3.05) is 12.8 Å². The van der Waals surface area contributed by atoms with Crippen molar-refractivity contribution in [2.45, 2.75) is 10.8 Å². The molecule has 0 radical (unpaired) electrons. The van der Waals surface area contributed by atoms with E-state index in [-0.39, 0.29) is 22.7 Å². The van der Waals surface area contributed by atoms with Crippen molar-refractivity contribution in [3.05, 3.63) is 70.8 Å². The minimum absolute atomic E-state index is 0.0189. The Balaban J connectivity index is 2.02. The fraction of sp³-hybridized carbons (Fsp3) is 0.0909. The van der Waals surface area contributed by atoms with Gasteiger partial charge in [0.25, 0.3) is 0 Å². The fourth-order valence-electron chi connectivity index (χ4n) is 2.88. The van der Waals surface area contributed by atoms with E-state index in [0.717, 1.165) is 5.56 Å². The molecule has 0 bridgehead atoms. The van der Waals surface area contributed by atoms with Crippen molar-refractivity contribution in [3.8, 4) is 29.0 Å². The van der Waals surface area contributed by atoms with E-state index in [1.807, 2.05) is 12.1 Å². The topological polar surface area (TPSA) is 133 Å². The van der Waals surface area contributed by atoms with E-state index in [1.165, 1.54) is 31.0 Å². The largest absolute Gasteiger partial charge is 0.508 e. The highest BCUT2D eigenvalue weighted by Gasteiger charge is 2.20. The lowest BCUT2D eigenvalue weighted by molar-refractivity contribution is 0.0600. The van der Waals surface area contributed by atoms with Crippen LogP contribution in [0.15, 0.2) is 53.6 Å². The summed E-state index contributed by atoms with van der Waals surface area (Å²) in [5.41, 5.74) is 8.54. The number of phenols is 1. The van der Waals surface area contributed by atoms with Gasteiger partial charge in [-0.1, -0.05) is 24.3 Å². The number of pyridine rings is 1. The van der Waals surface area contributed by atoms with E-state index in [1.54, 1.807) is 30.3 Å². The molecule has 0 spiro atoms. The van der Waals surface area contributed by atoms with Crippen LogP contribution in [0.2, 0.25) is 0 Å². The Kier molecular flexibility index (Phi) is 6.21. The van der Waals surface area contributed by atoms with Crippen LogP contribution in [-0.2, 0) is 10.5 Å². The number of aromatic nitrogens is 1. The second-order valence-electron chi connectivity index (χ2n) is 6.18. The Morgan fingerprint density at radius 1 is 1.17 bits per heavy atom. The highest BCUT2D eigenvalue weighted by Crippen LogP contribution is 2.37. The third-order valence-electron chi connectivity index (χ3n) is 4.30. The van der Waals surface area contributed by atoms with Gasteiger partial charge in [-0.2, -0.15) is 10.5 Å². The number of nitriles is 2. The smallest absolute Gasteiger partial charge is 0.337 e. The fourth-order valence-corrected chi connectivity index (χ4v) is 3.81. The second kappa shape index (κ2) is 8.99. The lowest BCUT2D eigenvalue weighted by Gasteiger charge is -2.13. The van der Waals surface area contributed by atoms with Gasteiger partial charge in [-0.05, 0) is 35.4 Å². The highest BCUT2D eigenvalue weighted by molar-refractivity contribution is 7.98. The normalized spacial score (nSPS) is 10.1. The van der Waals surface area contributed by atoms with Crippen LogP contribution in [0, 0.1) is 22.7 Å². The maximum absolute atomic E-state index is 11.7. The minimum Gasteiger partial charge on any atom is -0.508 e. The first-order chi connectivity index (χ1) is 14.5. The van der Waals surface area contributed by atoms with Gasteiger partial charge in [0.1, 0.15) is 34.3 Å². The molecular formula is C22H16N4O3S. The Labute approximate surface area is 177 Å².